The largest absolute Gasteiger partial charge is 0.416 e. The molecule has 0 aromatic heterocycles. The zero-order valence-corrected chi connectivity index (χ0v) is 12.7. The molecule has 1 aromatic carbocycles. The van der Waals surface area contributed by atoms with Crippen LogP contribution in [0.1, 0.15) is 12.5 Å². The minimum absolute atomic E-state index is 0.156. The minimum Gasteiger partial charge on any atom is -0.332 e. The number of carbonyl (C=O) groups excluding carboxylic acids is 2. The summed E-state index contributed by atoms with van der Waals surface area (Å²) in [4.78, 5) is 27.6. The predicted octanol–water partition coefficient (Wildman–Crippen LogP) is 1.81. The van der Waals surface area contributed by atoms with Crippen LogP contribution in [0.5, 0.6) is 0 Å². The van der Waals surface area contributed by atoms with Crippen LogP contribution in [0, 0.1) is 0 Å². The first kappa shape index (κ1) is 17.3. The van der Waals surface area contributed by atoms with Crippen molar-refractivity contribution in [1.82, 2.24) is 9.80 Å². The van der Waals surface area contributed by atoms with Crippen LogP contribution >= 0.6 is 0 Å². The summed E-state index contributed by atoms with van der Waals surface area (Å²) >= 11 is 0. The fourth-order valence-electron chi connectivity index (χ4n) is 2.34. The Balaban J connectivity index is 1.92. The number of likely N-dealkylation sites (N-methyl/N-ethyl adjacent to an activating group) is 1. The third-order valence-electron chi connectivity index (χ3n) is 3.77. The van der Waals surface area contributed by atoms with Crippen molar-refractivity contribution in [3.63, 3.8) is 0 Å². The highest BCUT2D eigenvalue weighted by Crippen LogP contribution is 2.29. The first-order valence-electron chi connectivity index (χ1n) is 7.31. The topological polar surface area (TPSA) is 52.7 Å². The van der Waals surface area contributed by atoms with Gasteiger partial charge in [-0.25, -0.2) is 0 Å². The Labute approximate surface area is 132 Å². The summed E-state index contributed by atoms with van der Waals surface area (Å²) in [6.07, 6.45) is -4.43. The van der Waals surface area contributed by atoms with Gasteiger partial charge in [0.1, 0.15) is 0 Å². The number of nitrogens with one attached hydrogen (secondary N) is 1. The Hall–Kier alpha value is -2.09. The average Bonchev–Trinajstić information content (AvgIpc) is 2.54. The molecule has 1 aromatic rings. The number of alkyl halides is 3. The molecule has 1 aliphatic heterocycles. The van der Waals surface area contributed by atoms with Gasteiger partial charge in [0.2, 0.25) is 0 Å². The molecule has 23 heavy (non-hydrogen) atoms. The molecule has 1 aliphatic rings. The quantitative estimate of drug-likeness (QED) is 0.842. The summed E-state index contributed by atoms with van der Waals surface area (Å²) in [5, 5.41) is 2.33. The van der Waals surface area contributed by atoms with Gasteiger partial charge in [-0.2, -0.15) is 13.2 Å². The number of amides is 2. The predicted molar refractivity (Wildman–Crippen MR) is 78.8 cm³/mol. The molecule has 0 atom stereocenters. The van der Waals surface area contributed by atoms with Crippen LogP contribution in [0.15, 0.2) is 24.3 Å². The molecule has 1 heterocycles. The molecule has 2 amide bonds. The van der Waals surface area contributed by atoms with Crippen molar-refractivity contribution in [2.75, 3.05) is 38.0 Å². The molecule has 8 heteroatoms. The third kappa shape index (κ3) is 4.44. The fourth-order valence-corrected chi connectivity index (χ4v) is 2.34. The van der Waals surface area contributed by atoms with Crippen LogP contribution in [0.4, 0.5) is 18.9 Å². The number of piperazine rings is 1. The Morgan fingerprint density at radius 3 is 2.13 bits per heavy atom. The lowest BCUT2D eigenvalue weighted by Gasteiger charge is -2.33. The van der Waals surface area contributed by atoms with Crippen molar-refractivity contribution < 1.29 is 22.8 Å². The molecule has 0 bridgehead atoms. The van der Waals surface area contributed by atoms with E-state index < -0.39 is 23.6 Å². The molecular formula is C15H18F3N3O2. The Bertz CT molecular complexity index is 564. The highest BCUT2D eigenvalue weighted by molar-refractivity contribution is 6.39. The van der Waals surface area contributed by atoms with Crippen LogP contribution < -0.4 is 5.32 Å². The number of carbonyl (C=O) groups is 2. The van der Waals surface area contributed by atoms with E-state index in [1.54, 1.807) is 0 Å². The molecule has 0 spiro atoms. The standard InChI is InChI=1S/C15H18F3N3O2/c1-2-20-7-9-21(10-8-20)14(23)13(22)19-12-5-3-11(4-6-12)15(16,17)18/h3-6H,2,7-10H2,1H3,(H,19,22). The maximum Gasteiger partial charge on any atom is 0.416 e. The van der Waals surface area contributed by atoms with Gasteiger partial charge in [-0.15, -0.1) is 0 Å². The van der Waals surface area contributed by atoms with E-state index in [0.29, 0.717) is 26.2 Å². The van der Waals surface area contributed by atoms with E-state index in [4.69, 9.17) is 0 Å². The van der Waals surface area contributed by atoms with Gasteiger partial charge in [0.15, 0.2) is 0 Å². The normalized spacial score (nSPS) is 16.3. The van der Waals surface area contributed by atoms with Crippen molar-refractivity contribution in [2.45, 2.75) is 13.1 Å². The van der Waals surface area contributed by atoms with Crippen molar-refractivity contribution in [1.29, 1.82) is 0 Å². The number of benzene rings is 1. The zero-order chi connectivity index (χ0) is 17.0. The lowest BCUT2D eigenvalue weighted by molar-refractivity contribution is -0.144. The molecule has 2 rings (SSSR count). The molecule has 0 radical (unpaired) electrons. The van der Waals surface area contributed by atoms with Gasteiger partial charge in [-0.05, 0) is 30.8 Å². The van der Waals surface area contributed by atoms with Crippen molar-refractivity contribution in [2.24, 2.45) is 0 Å². The Morgan fingerprint density at radius 1 is 1.09 bits per heavy atom. The van der Waals surface area contributed by atoms with E-state index in [-0.39, 0.29) is 5.69 Å². The Kier molecular flexibility index (Phi) is 5.25. The van der Waals surface area contributed by atoms with Gasteiger partial charge in [-0.3, -0.25) is 9.59 Å². The van der Waals surface area contributed by atoms with Gasteiger partial charge in [0.25, 0.3) is 0 Å². The first-order chi connectivity index (χ1) is 10.8. The van der Waals surface area contributed by atoms with Crippen LogP contribution in [-0.4, -0.2) is 54.3 Å². The summed E-state index contributed by atoms with van der Waals surface area (Å²) < 4.78 is 37.4. The van der Waals surface area contributed by atoms with E-state index in [2.05, 4.69) is 10.2 Å². The SMILES string of the molecule is CCN1CCN(C(=O)C(=O)Nc2ccc(C(F)(F)F)cc2)CC1. The minimum atomic E-state index is -4.43. The molecule has 1 N–H and O–H groups in total. The zero-order valence-electron chi connectivity index (χ0n) is 12.7. The van der Waals surface area contributed by atoms with E-state index in [1.165, 1.54) is 4.90 Å². The molecule has 1 fully saturated rings. The summed E-state index contributed by atoms with van der Waals surface area (Å²) in [5.74, 6) is -1.50. The van der Waals surface area contributed by atoms with Gasteiger partial charge in [-0.1, -0.05) is 6.92 Å². The second kappa shape index (κ2) is 6.99. The number of hydrogen-bond acceptors (Lipinski definition) is 3. The lowest BCUT2D eigenvalue weighted by atomic mass is 10.2. The highest BCUT2D eigenvalue weighted by Gasteiger charge is 2.30. The maximum absolute atomic E-state index is 12.5. The van der Waals surface area contributed by atoms with Crippen LogP contribution in [-0.2, 0) is 15.8 Å². The molecule has 0 unspecified atom stereocenters. The van der Waals surface area contributed by atoms with Crippen LogP contribution in [0.2, 0.25) is 0 Å². The number of halogens is 3. The molecule has 0 aliphatic carbocycles. The molecular weight excluding hydrogens is 311 g/mol. The maximum atomic E-state index is 12.5. The van der Waals surface area contributed by atoms with Gasteiger partial charge in [0, 0.05) is 31.9 Å². The molecule has 5 nitrogen and oxygen atoms in total. The Morgan fingerprint density at radius 2 is 1.65 bits per heavy atom. The average molecular weight is 329 g/mol. The van der Waals surface area contributed by atoms with Gasteiger partial charge < -0.3 is 15.1 Å². The smallest absolute Gasteiger partial charge is 0.332 e. The van der Waals surface area contributed by atoms with E-state index >= 15 is 0 Å². The summed E-state index contributed by atoms with van der Waals surface area (Å²) in [7, 11) is 0. The summed E-state index contributed by atoms with van der Waals surface area (Å²) in [6, 6.07) is 3.98. The monoisotopic (exact) mass is 329 g/mol. The third-order valence-corrected chi connectivity index (χ3v) is 3.77. The second-order valence-electron chi connectivity index (χ2n) is 5.26. The molecule has 0 saturated carbocycles. The van der Waals surface area contributed by atoms with Crippen LogP contribution in [0.25, 0.3) is 0 Å². The fraction of sp³-hybridized carbons (Fsp3) is 0.467. The number of anilines is 1. The highest BCUT2D eigenvalue weighted by atomic mass is 19.4. The lowest BCUT2D eigenvalue weighted by Crippen LogP contribution is -2.51. The summed E-state index contributed by atoms with van der Waals surface area (Å²) in [5.41, 5.74) is -0.652. The van der Waals surface area contributed by atoms with Gasteiger partial charge >= 0.3 is 18.0 Å². The van der Waals surface area contributed by atoms with E-state index in [0.717, 1.165) is 30.8 Å². The number of nitrogens with zero attached hydrogens (tertiary/aromatic N) is 2. The van der Waals surface area contributed by atoms with E-state index in [1.807, 2.05) is 6.92 Å². The van der Waals surface area contributed by atoms with Crippen molar-refractivity contribution in [3.8, 4) is 0 Å². The van der Waals surface area contributed by atoms with Gasteiger partial charge in [0.05, 0.1) is 5.56 Å². The number of rotatable bonds is 2. The second-order valence-corrected chi connectivity index (χ2v) is 5.26. The van der Waals surface area contributed by atoms with E-state index in [9.17, 15) is 22.8 Å². The molecule has 126 valence electrons. The van der Waals surface area contributed by atoms with Crippen molar-refractivity contribution >= 4 is 17.5 Å². The first-order valence-corrected chi connectivity index (χ1v) is 7.31. The summed E-state index contributed by atoms with van der Waals surface area (Å²) in [6.45, 7) is 5.25. The molecule has 1 saturated heterocycles. The van der Waals surface area contributed by atoms with Crippen molar-refractivity contribution in [3.05, 3.63) is 29.8 Å². The number of hydrogen-bond donors (Lipinski definition) is 1. The van der Waals surface area contributed by atoms with Crippen LogP contribution in [0.3, 0.4) is 0 Å².